The molecule has 1 aliphatic heterocycles. The van der Waals surface area contributed by atoms with Crippen molar-refractivity contribution < 1.29 is 13.6 Å². The Balaban J connectivity index is 1.47. The van der Waals surface area contributed by atoms with E-state index in [1.54, 1.807) is 4.90 Å². The first kappa shape index (κ1) is 22.0. The van der Waals surface area contributed by atoms with Crippen LogP contribution in [0.1, 0.15) is 37.1 Å². The van der Waals surface area contributed by atoms with Crippen molar-refractivity contribution in [1.29, 1.82) is 0 Å². The lowest BCUT2D eigenvalue weighted by atomic mass is 9.69. The van der Waals surface area contributed by atoms with Crippen LogP contribution in [0.15, 0.2) is 42.7 Å². The number of nitrogens with one attached hydrogen (secondary N) is 1. The SMILES string of the molecule is CN(C)[C@]1(Cc2ccccc2)CC[C@]2(CC1)CN(c1cnc(C(F)(F)P)nc1)C(=O)N2. The number of urea groups is 1. The number of halogens is 2. The summed E-state index contributed by atoms with van der Waals surface area (Å²) in [6.07, 6.45) is 7.16. The topological polar surface area (TPSA) is 61.4 Å². The summed E-state index contributed by atoms with van der Waals surface area (Å²) in [6, 6.07) is 10.3. The third-order valence-corrected chi connectivity index (χ3v) is 7.05. The first-order valence-corrected chi connectivity index (χ1v) is 11.0. The van der Waals surface area contributed by atoms with E-state index in [0.717, 1.165) is 32.1 Å². The molecule has 1 aliphatic carbocycles. The van der Waals surface area contributed by atoms with Gasteiger partial charge in [0.1, 0.15) is 0 Å². The van der Waals surface area contributed by atoms with E-state index in [-0.39, 0.29) is 17.1 Å². The summed E-state index contributed by atoms with van der Waals surface area (Å²) >= 11 is 0. The smallest absolute Gasteiger partial charge is 0.322 e. The molecular weight excluding hydrogens is 419 g/mol. The Morgan fingerprint density at radius 2 is 1.74 bits per heavy atom. The number of anilines is 1. The molecule has 0 bridgehead atoms. The molecule has 1 unspecified atom stereocenters. The van der Waals surface area contributed by atoms with Gasteiger partial charge in [0, 0.05) is 5.54 Å². The van der Waals surface area contributed by atoms with E-state index in [0.29, 0.717) is 12.2 Å². The van der Waals surface area contributed by atoms with Crippen molar-refractivity contribution in [3.05, 3.63) is 54.1 Å². The van der Waals surface area contributed by atoms with Crippen LogP contribution in [0.4, 0.5) is 19.3 Å². The average Bonchev–Trinajstić information content (AvgIpc) is 3.06. The second-order valence-corrected chi connectivity index (χ2v) is 9.69. The molecule has 2 amide bonds. The third-order valence-electron chi connectivity index (χ3n) is 6.79. The summed E-state index contributed by atoms with van der Waals surface area (Å²) in [4.78, 5) is 24.1. The zero-order chi connectivity index (χ0) is 22.3. The lowest BCUT2D eigenvalue weighted by molar-refractivity contribution is 0.0680. The fraction of sp³-hybridized carbons (Fsp3) is 0.500. The molecular formula is C22H28F2N5OP. The lowest BCUT2D eigenvalue weighted by Crippen LogP contribution is -2.56. The summed E-state index contributed by atoms with van der Waals surface area (Å²) in [5.41, 5.74) is -1.73. The summed E-state index contributed by atoms with van der Waals surface area (Å²) in [7, 11) is 5.68. The van der Waals surface area contributed by atoms with Gasteiger partial charge in [0.2, 0.25) is 5.82 Å². The Hall–Kier alpha value is -2.18. The van der Waals surface area contributed by atoms with E-state index in [9.17, 15) is 13.6 Å². The largest absolute Gasteiger partial charge is 0.330 e. The molecule has 4 rings (SSSR count). The molecule has 1 saturated heterocycles. The van der Waals surface area contributed by atoms with Crippen molar-refractivity contribution in [3.8, 4) is 0 Å². The van der Waals surface area contributed by atoms with E-state index in [2.05, 4.69) is 58.5 Å². The number of amides is 2. The maximum Gasteiger partial charge on any atom is 0.322 e. The zero-order valence-corrected chi connectivity index (χ0v) is 19.0. The van der Waals surface area contributed by atoms with Crippen LogP contribution in [0.3, 0.4) is 0 Å². The fourth-order valence-electron chi connectivity index (χ4n) is 4.78. The minimum absolute atomic E-state index is 0.0416. The molecule has 1 aromatic heterocycles. The molecule has 6 nitrogen and oxygen atoms in total. The number of alkyl halides is 2. The number of rotatable bonds is 5. The van der Waals surface area contributed by atoms with Crippen LogP contribution in [0.2, 0.25) is 0 Å². The van der Waals surface area contributed by atoms with Gasteiger partial charge in [-0.25, -0.2) is 14.8 Å². The Morgan fingerprint density at radius 1 is 1.13 bits per heavy atom. The summed E-state index contributed by atoms with van der Waals surface area (Å²) < 4.78 is 26.7. The molecule has 1 atom stereocenters. The zero-order valence-electron chi connectivity index (χ0n) is 17.8. The average molecular weight is 447 g/mol. The van der Waals surface area contributed by atoms with Gasteiger partial charge < -0.3 is 10.2 Å². The van der Waals surface area contributed by atoms with Crippen LogP contribution in [-0.4, -0.2) is 52.6 Å². The number of likely N-dealkylation sites (N-methyl/N-ethyl adjacent to an activating group) is 1. The molecule has 1 N–H and O–H groups in total. The Bertz CT molecular complexity index is 925. The van der Waals surface area contributed by atoms with Crippen molar-refractivity contribution >= 4 is 21.0 Å². The fourth-order valence-corrected chi connectivity index (χ4v) is 4.93. The van der Waals surface area contributed by atoms with Crippen LogP contribution >= 0.6 is 9.24 Å². The van der Waals surface area contributed by atoms with Crippen LogP contribution in [0, 0.1) is 0 Å². The number of carbonyl (C=O) groups is 1. The van der Waals surface area contributed by atoms with E-state index >= 15 is 0 Å². The maximum atomic E-state index is 13.4. The van der Waals surface area contributed by atoms with Crippen molar-refractivity contribution in [3.63, 3.8) is 0 Å². The van der Waals surface area contributed by atoms with Gasteiger partial charge in [-0.2, -0.15) is 8.78 Å². The molecule has 1 aromatic carbocycles. The molecule has 166 valence electrons. The van der Waals surface area contributed by atoms with Gasteiger partial charge in [-0.3, -0.25) is 4.90 Å². The molecule has 1 spiro atoms. The number of hydrogen-bond acceptors (Lipinski definition) is 4. The first-order valence-electron chi connectivity index (χ1n) is 10.4. The van der Waals surface area contributed by atoms with Gasteiger partial charge in [0.15, 0.2) is 0 Å². The second kappa shape index (κ2) is 8.06. The lowest BCUT2D eigenvalue weighted by Gasteiger charge is -2.48. The van der Waals surface area contributed by atoms with Crippen LogP contribution in [0.25, 0.3) is 0 Å². The number of hydrogen-bond donors (Lipinski definition) is 1. The predicted molar refractivity (Wildman–Crippen MR) is 119 cm³/mol. The molecule has 9 heteroatoms. The van der Waals surface area contributed by atoms with E-state index in [4.69, 9.17) is 0 Å². The number of benzene rings is 1. The molecule has 31 heavy (non-hydrogen) atoms. The third kappa shape index (κ3) is 4.41. The quantitative estimate of drug-likeness (QED) is 0.709. The monoisotopic (exact) mass is 447 g/mol. The van der Waals surface area contributed by atoms with Gasteiger partial charge >= 0.3 is 11.7 Å². The van der Waals surface area contributed by atoms with E-state index in [1.807, 2.05) is 6.07 Å². The highest BCUT2D eigenvalue weighted by molar-refractivity contribution is 7.17. The normalized spacial score (nSPS) is 26.5. The molecule has 1 saturated carbocycles. The number of nitrogens with zero attached hydrogens (tertiary/aromatic N) is 4. The van der Waals surface area contributed by atoms with Crippen molar-refractivity contribution in [2.24, 2.45) is 0 Å². The first-order chi connectivity index (χ1) is 14.6. The molecule has 2 aromatic rings. The van der Waals surface area contributed by atoms with Crippen molar-refractivity contribution in [1.82, 2.24) is 20.2 Å². The standard InChI is InChI=1S/C22H28F2N5OP/c1-28(2)21(12-16-6-4-3-5-7-16)10-8-20(9-11-21)15-29(19(30)27-20)17-13-25-18(26-14-17)22(23,24)31/h3-7,13-14H,8-12,15,31H2,1-2H3,(H,27,30)/t20-,21+. The van der Waals surface area contributed by atoms with Crippen LogP contribution in [-0.2, 0) is 12.1 Å². The summed E-state index contributed by atoms with van der Waals surface area (Å²) in [5.74, 6) is -0.579. The highest BCUT2D eigenvalue weighted by Gasteiger charge is 2.49. The predicted octanol–water partition coefficient (Wildman–Crippen LogP) is 3.79. The second-order valence-electron chi connectivity index (χ2n) is 8.97. The summed E-state index contributed by atoms with van der Waals surface area (Å²) in [6.45, 7) is 0.487. The van der Waals surface area contributed by atoms with Gasteiger partial charge in [-0.05, 0) is 51.8 Å². The summed E-state index contributed by atoms with van der Waals surface area (Å²) in [5, 5.41) is 3.16. The van der Waals surface area contributed by atoms with Crippen molar-refractivity contribution in [2.45, 2.75) is 48.8 Å². The van der Waals surface area contributed by atoms with Crippen molar-refractivity contribution in [2.75, 3.05) is 25.5 Å². The molecule has 2 heterocycles. The minimum Gasteiger partial charge on any atom is -0.330 e. The van der Waals surface area contributed by atoms with Gasteiger partial charge in [-0.15, -0.1) is 0 Å². The van der Waals surface area contributed by atoms with E-state index in [1.165, 1.54) is 27.2 Å². The number of aromatic nitrogens is 2. The van der Waals surface area contributed by atoms with Gasteiger partial charge in [0.25, 0.3) is 0 Å². The minimum atomic E-state index is -3.19. The highest BCUT2D eigenvalue weighted by Crippen LogP contribution is 2.42. The van der Waals surface area contributed by atoms with Gasteiger partial charge in [-0.1, -0.05) is 39.6 Å². The van der Waals surface area contributed by atoms with Crippen LogP contribution in [0.5, 0.6) is 0 Å². The molecule has 0 radical (unpaired) electrons. The Kier molecular flexibility index (Phi) is 5.73. The highest BCUT2D eigenvalue weighted by atomic mass is 31.0. The van der Waals surface area contributed by atoms with Crippen LogP contribution < -0.4 is 10.2 Å². The Morgan fingerprint density at radius 3 is 2.29 bits per heavy atom. The van der Waals surface area contributed by atoms with E-state index < -0.39 is 11.5 Å². The Labute approximate surface area is 183 Å². The molecule has 2 fully saturated rings. The number of carbonyl (C=O) groups excluding carboxylic acids is 1. The van der Waals surface area contributed by atoms with Gasteiger partial charge in [0.05, 0.1) is 30.2 Å². The maximum absolute atomic E-state index is 13.4. The molecule has 2 aliphatic rings.